The summed E-state index contributed by atoms with van der Waals surface area (Å²) < 4.78 is 5.13. The van der Waals surface area contributed by atoms with E-state index in [1.807, 2.05) is 0 Å². The molecule has 0 spiro atoms. The smallest absolute Gasteiger partial charge is 0.226 e. The maximum absolute atomic E-state index is 5.13. The Labute approximate surface area is 131 Å². The number of methoxy groups -OCH3 is 1. The summed E-state index contributed by atoms with van der Waals surface area (Å²) in [4.78, 5) is 11.0. The Hall–Kier alpha value is -2.14. The molecule has 0 amide bonds. The van der Waals surface area contributed by atoms with E-state index in [0.717, 1.165) is 26.1 Å². The number of anilines is 1. The number of hydrogen-bond donors (Lipinski definition) is 1. The highest BCUT2D eigenvalue weighted by Gasteiger charge is 2.23. The second-order valence-corrected chi connectivity index (χ2v) is 5.78. The molecule has 5 heteroatoms. The van der Waals surface area contributed by atoms with Gasteiger partial charge in [-0.1, -0.05) is 29.8 Å². The van der Waals surface area contributed by atoms with Crippen molar-refractivity contribution in [1.82, 2.24) is 14.9 Å². The van der Waals surface area contributed by atoms with E-state index in [0.29, 0.717) is 17.9 Å². The SMILES string of the molecule is COc1ccnc(NC2CCN(Cc3cccc(C)c3)C2)n1. The molecule has 1 N–H and O–H groups in total. The first kappa shape index (κ1) is 14.8. The molecule has 116 valence electrons. The molecule has 5 nitrogen and oxygen atoms in total. The number of benzene rings is 1. The highest BCUT2D eigenvalue weighted by atomic mass is 16.5. The third kappa shape index (κ3) is 3.74. The predicted molar refractivity (Wildman–Crippen MR) is 87.1 cm³/mol. The van der Waals surface area contributed by atoms with Gasteiger partial charge in [0.15, 0.2) is 0 Å². The van der Waals surface area contributed by atoms with Crippen molar-refractivity contribution in [3.05, 3.63) is 47.7 Å². The molecule has 1 aliphatic heterocycles. The van der Waals surface area contributed by atoms with E-state index in [-0.39, 0.29) is 0 Å². The molecule has 1 aliphatic rings. The number of rotatable bonds is 5. The van der Waals surface area contributed by atoms with E-state index in [9.17, 15) is 0 Å². The number of likely N-dealkylation sites (tertiary alicyclic amines) is 1. The first-order chi connectivity index (χ1) is 10.7. The minimum absolute atomic E-state index is 0.386. The molecule has 0 aliphatic carbocycles. The number of nitrogens with zero attached hydrogens (tertiary/aromatic N) is 3. The van der Waals surface area contributed by atoms with E-state index >= 15 is 0 Å². The van der Waals surface area contributed by atoms with E-state index in [1.54, 1.807) is 19.4 Å². The van der Waals surface area contributed by atoms with E-state index in [4.69, 9.17) is 4.74 Å². The van der Waals surface area contributed by atoms with Crippen molar-refractivity contribution in [2.45, 2.75) is 25.9 Å². The third-order valence-electron chi connectivity index (χ3n) is 3.93. The van der Waals surface area contributed by atoms with Crippen LogP contribution in [0.4, 0.5) is 5.95 Å². The van der Waals surface area contributed by atoms with Crippen LogP contribution in [0.5, 0.6) is 5.88 Å². The lowest BCUT2D eigenvalue weighted by atomic mass is 10.1. The summed E-state index contributed by atoms with van der Waals surface area (Å²) in [5, 5.41) is 3.40. The van der Waals surface area contributed by atoms with Crippen molar-refractivity contribution >= 4 is 5.95 Å². The normalized spacial score (nSPS) is 18.4. The first-order valence-electron chi connectivity index (χ1n) is 7.64. The fourth-order valence-corrected chi connectivity index (χ4v) is 2.87. The van der Waals surface area contributed by atoms with E-state index in [2.05, 4.69) is 51.4 Å². The van der Waals surface area contributed by atoms with Gasteiger partial charge in [-0.05, 0) is 18.9 Å². The molecule has 0 bridgehead atoms. The third-order valence-corrected chi connectivity index (χ3v) is 3.93. The molecule has 2 aromatic rings. The van der Waals surface area contributed by atoms with Crippen LogP contribution in [0.25, 0.3) is 0 Å². The van der Waals surface area contributed by atoms with Crippen molar-refractivity contribution in [2.75, 3.05) is 25.5 Å². The van der Waals surface area contributed by atoms with Crippen molar-refractivity contribution in [2.24, 2.45) is 0 Å². The Morgan fingerprint density at radius 2 is 2.27 bits per heavy atom. The Morgan fingerprint density at radius 1 is 1.36 bits per heavy atom. The second-order valence-electron chi connectivity index (χ2n) is 5.78. The summed E-state index contributed by atoms with van der Waals surface area (Å²) in [6.07, 6.45) is 2.82. The molecule has 1 atom stereocenters. The zero-order valence-electron chi connectivity index (χ0n) is 13.1. The zero-order valence-corrected chi connectivity index (χ0v) is 13.1. The summed E-state index contributed by atoms with van der Waals surface area (Å²) in [6, 6.07) is 10.9. The summed E-state index contributed by atoms with van der Waals surface area (Å²) in [7, 11) is 1.62. The highest BCUT2D eigenvalue weighted by molar-refractivity contribution is 5.29. The van der Waals surface area contributed by atoms with Gasteiger partial charge in [0.25, 0.3) is 0 Å². The molecule has 1 aromatic heterocycles. The van der Waals surface area contributed by atoms with Gasteiger partial charge in [0, 0.05) is 37.9 Å². The van der Waals surface area contributed by atoms with Gasteiger partial charge in [-0.3, -0.25) is 4.90 Å². The van der Waals surface area contributed by atoms with Crippen LogP contribution in [0, 0.1) is 6.92 Å². The van der Waals surface area contributed by atoms with Crippen molar-refractivity contribution in [3.63, 3.8) is 0 Å². The van der Waals surface area contributed by atoms with Crippen LogP contribution in [0.15, 0.2) is 36.5 Å². The maximum atomic E-state index is 5.13. The Balaban J connectivity index is 1.55. The Bertz CT molecular complexity index is 632. The van der Waals surface area contributed by atoms with Gasteiger partial charge in [0.1, 0.15) is 0 Å². The van der Waals surface area contributed by atoms with Gasteiger partial charge < -0.3 is 10.1 Å². The molecule has 1 fully saturated rings. The fourth-order valence-electron chi connectivity index (χ4n) is 2.87. The van der Waals surface area contributed by atoms with Crippen LogP contribution in [-0.4, -0.2) is 41.1 Å². The van der Waals surface area contributed by atoms with E-state index < -0.39 is 0 Å². The standard InChI is InChI=1S/C17H22N4O/c1-13-4-3-5-14(10-13)11-21-9-7-15(12-21)19-17-18-8-6-16(20-17)22-2/h3-6,8,10,15H,7,9,11-12H2,1-2H3,(H,18,19,20). The van der Waals surface area contributed by atoms with Gasteiger partial charge in [-0.25, -0.2) is 4.98 Å². The minimum Gasteiger partial charge on any atom is -0.481 e. The number of nitrogens with one attached hydrogen (secondary N) is 1. The summed E-state index contributed by atoms with van der Waals surface area (Å²) in [6.45, 7) is 5.24. The van der Waals surface area contributed by atoms with Crippen LogP contribution in [-0.2, 0) is 6.54 Å². The van der Waals surface area contributed by atoms with Crippen molar-refractivity contribution in [1.29, 1.82) is 0 Å². The largest absolute Gasteiger partial charge is 0.481 e. The minimum atomic E-state index is 0.386. The van der Waals surface area contributed by atoms with Crippen molar-refractivity contribution in [3.8, 4) is 5.88 Å². The molecular weight excluding hydrogens is 276 g/mol. The van der Waals surface area contributed by atoms with Crippen LogP contribution in [0.3, 0.4) is 0 Å². The van der Waals surface area contributed by atoms with Gasteiger partial charge in [0.05, 0.1) is 7.11 Å². The lowest BCUT2D eigenvalue weighted by Crippen LogP contribution is -2.26. The Morgan fingerprint density at radius 3 is 3.09 bits per heavy atom. The number of aromatic nitrogens is 2. The highest BCUT2D eigenvalue weighted by Crippen LogP contribution is 2.17. The molecule has 0 radical (unpaired) electrons. The van der Waals surface area contributed by atoms with E-state index in [1.165, 1.54) is 11.1 Å². The Kier molecular flexibility index (Phi) is 4.53. The quantitative estimate of drug-likeness (QED) is 0.919. The zero-order chi connectivity index (χ0) is 15.4. The topological polar surface area (TPSA) is 50.3 Å². The molecular formula is C17H22N4O. The average Bonchev–Trinajstić information content (AvgIpc) is 2.94. The van der Waals surface area contributed by atoms with Gasteiger partial charge in [-0.2, -0.15) is 4.98 Å². The lowest BCUT2D eigenvalue weighted by molar-refractivity contribution is 0.328. The maximum Gasteiger partial charge on any atom is 0.226 e. The molecule has 0 saturated carbocycles. The van der Waals surface area contributed by atoms with Crippen LogP contribution < -0.4 is 10.1 Å². The molecule has 3 rings (SSSR count). The lowest BCUT2D eigenvalue weighted by Gasteiger charge is -2.17. The molecule has 1 unspecified atom stereocenters. The average molecular weight is 298 g/mol. The summed E-state index contributed by atoms with van der Waals surface area (Å²) >= 11 is 0. The second kappa shape index (κ2) is 6.75. The first-order valence-corrected chi connectivity index (χ1v) is 7.64. The number of aryl methyl sites for hydroxylation is 1. The molecule has 1 saturated heterocycles. The van der Waals surface area contributed by atoms with Crippen LogP contribution >= 0.6 is 0 Å². The number of ether oxygens (including phenoxy) is 1. The summed E-state index contributed by atoms with van der Waals surface area (Å²) in [5.41, 5.74) is 2.69. The predicted octanol–water partition coefficient (Wildman–Crippen LogP) is 2.48. The monoisotopic (exact) mass is 298 g/mol. The summed E-state index contributed by atoms with van der Waals surface area (Å²) in [5.74, 6) is 1.23. The molecule has 22 heavy (non-hydrogen) atoms. The van der Waals surface area contributed by atoms with Crippen molar-refractivity contribution < 1.29 is 4.74 Å². The van der Waals surface area contributed by atoms with Crippen LogP contribution in [0.2, 0.25) is 0 Å². The van der Waals surface area contributed by atoms with Crippen LogP contribution in [0.1, 0.15) is 17.5 Å². The van der Waals surface area contributed by atoms with Gasteiger partial charge >= 0.3 is 0 Å². The number of hydrogen-bond acceptors (Lipinski definition) is 5. The molecule has 2 heterocycles. The van der Waals surface area contributed by atoms with Gasteiger partial charge in [-0.15, -0.1) is 0 Å². The molecule has 1 aromatic carbocycles. The fraction of sp³-hybridized carbons (Fsp3) is 0.412. The van der Waals surface area contributed by atoms with Gasteiger partial charge in [0.2, 0.25) is 11.8 Å².